The highest BCUT2D eigenvalue weighted by Gasteiger charge is 2.22. The van der Waals surface area contributed by atoms with Crippen molar-refractivity contribution in [1.29, 1.82) is 0 Å². The molecule has 0 aromatic rings. The Bertz CT molecular complexity index is 159. The van der Waals surface area contributed by atoms with Crippen molar-refractivity contribution in [1.82, 2.24) is 5.32 Å². The Labute approximate surface area is 62.4 Å². The van der Waals surface area contributed by atoms with Gasteiger partial charge in [-0.15, -0.1) is 0 Å². The van der Waals surface area contributed by atoms with Crippen LogP contribution in [0.25, 0.3) is 0 Å². The summed E-state index contributed by atoms with van der Waals surface area (Å²) in [7, 11) is 0. The summed E-state index contributed by atoms with van der Waals surface area (Å²) >= 11 is 6.21. The molecule has 1 aliphatic rings. The fourth-order valence-corrected chi connectivity index (χ4v) is 1.68. The van der Waals surface area contributed by atoms with Crippen LogP contribution in [0, 0.1) is 0 Å². The molecule has 1 amide bonds. The molecule has 0 saturated carbocycles. The van der Waals surface area contributed by atoms with E-state index < -0.39 is 0 Å². The summed E-state index contributed by atoms with van der Waals surface area (Å²) in [6.45, 7) is 0. The first-order chi connectivity index (χ1) is 4.20. The molecule has 0 radical (unpaired) electrons. The number of carbonyl (C=O) groups excluding carboxylic acids is 1. The average molecular weight is 162 g/mol. The minimum absolute atomic E-state index is 0.248. The number of thiocarbonyl (C=S) groups is 1. The number of carbonyl (C=O) groups is 1. The number of hydrogen-bond acceptors (Lipinski definition) is 3. The monoisotopic (exact) mass is 162 g/mol. The lowest BCUT2D eigenvalue weighted by atomic mass is 10.3. The third-order valence-corrected chi connectivity index (χ3v) is 2.37. The Morgan fingerprint density at radius 3 is 2.89 bits per heavy atom. The third-order valence-electron chi connectivity index (χ3n) is 1.02. The normalized spacial score (nSPS) is 25.8. The van der Waals surface area contributed by atoms with Crippen LogP contribution in [0.4, 0.5) is 0 Å². The van der Waals surface area contributed by atoms with Gasteiger partial charge in [0.2, 0.25) is 5.91 Å². The van der Waals surface area contributed by atoms with Crippen LogP contribution in [-0.4, -0.2) is 22.0 Å². The van der Waals surface area contributed by atoms with Crippen molar-refractivity contribution >= 4 is 34.2 Å². The molecule has 1 fully saturated rings. The number of hydrogen-bond donors (Lipinski definition) is 2. The molecule has 0 aliphatic carbocycles. The topological polar surface area (TPSA) is 55.1 Å². The highest BCUT2D eigenvalue weighted by atomic mass is 32.2. The van der Waals surface area contributed by atoms with Gasteiger partial charge in [0.25, 0.3) is 0 Å². The molecule has 1 rings (SSSR count). The van der Waals surface area contributed by atoms with E-state index in [0.29, 0.717) is 10.1 Å². The quantitative estimate of drug-likeness (QED) is 0.509. The van der Waals surface area contributed by atoms with Crippen molar-refractivity contribution in [2.24, 2.45) is 5.73 Å². The molecule has 3 N–H and O–H groups in total. The molecule has 3 nitrogen and oxygen atoms in total. The molecule has 0 bridgehead atoms. The molecule has 5 heteroatoms. The van der Waals surface area contributed by atoms with Gasteiger partial charge in [-0.1, -0.05) is 24.0 Å². The van der Waals surface area contributed by atoms with E-state index in [4.69, 9.17) is 18.0 Å². The summed E-state index contributed by atoms with van der Waals surface area (Å²) in [6, 6.07) is -0.248. The highest BCUT2D eigenvalue weighted by Crippen LogP contribution is 2.12. The van der Waals surface area contributed by atoms with Crippen LogP contribution in [0.2, 0.25) is 0 Å². The van der Waals surface area contributed by atoms with E-state index in [2.05, 4.69) is 5.32 Å². The molecule has 1 aliphatic heterocycles. The lowest BCUT2D eigenvalue weighted by molar-refractivity contribution is -0.119. The number of primary amides is 1. The van der Waals surface area contributed by atoms with Crippen molar-refractivity contribution in [3.63, 3.8) is 0 Å². The molecule has 9 heavy (non-hydrogen) atoms. The van der Waals surface area contributed by atoms with Gasteiger partial charge in [0.05, 0.1) is 0 Å². The van der Waals surface area contributed by atoms with E-state index in [1.54, 1.807) is 0 Å². The second-order valence-electron chi connectivity index (χ2n) is 1.70. The zero-order valence-electron chi connectivity index (χ0n) is 4.59. The first kappa shape index (κ1) is 6.82. The molecule has 0 spiro atoms. The van der Waals surface area contributed by atoms with Gasteiger partial charge in [0.15, 0.2) is 0 Å². The van der Waals surface area contributed by atoms with E-state index in [1.165, 1.54) is 11.8 Å². The average Bonchev–Trinajstić information content (AvgIpc) is 2.14. The first-order valence-corrected chi connectivity index (χ1v) is 3.82. The lowest BCUT2D eigenvalue weighted by Crippen LogP contribution is -2.39. The number of thioether (sulfide) groups is 1. The number of nitrogens with one attached hydrogen (secondary N) is 1. The van der Waals surface area contributed by atoms with Gasteiger partial charge in [0.1, 0.15) is 10.4 Å². The molecular weight excluding hydrogens is 156 g/mol. The van der Waals surface area contributed by atoms with Crippen molar-refractivity contribution in [2.45, 2.75) is 6.04 Å². The molecule has 50 valence electrons. The summed E-state index contributed by atoms with van der Waals surface area (Å²) in [6.07, 6.45) is 0. The van der Waals surface area contributed by atoms with Crippen molar-refractivity contribution in [3.05, 3.63) is 0 Å². The van der Waals surface area contributed by atoms with Crippen LogP contribution in [0.15, 0.2) is 0 Å². The van der Waals surface area contributed by atoms with Crippen LogP contribution in [0.5, 0.6) is 0 Å². The summed E-state index contributed by atoms with van der Waals surface area (Å²) in [5.74, 6) is 0.344. The van der Waals surface area contributed by atoms with Gasteiger partial charge in [0, 0.05) is 5.75 Å². The molecular formula is C4H6N2OS2. The first-order valence-electron chi connectivity index (χ1n) is 2.43. The van der Waals surface area contributed by atoms with Crippen LogP contribution in [0.1, 0.15) is 0 Å². The molecule has 1 heterocycles. The zero-order valence-corrected chi connectivity index (χ0v) is 6.22. The number of rotatable bonds is 1. The summed E-state index contributed by atoms with van der Waals surface area (Å²) in [4.78, 5) is 10.4. The second kappa shape index (κ2) is 2.53. The van der Waals surface area contributed by atoms with E-state index in [0.717, 1.165) is 0 Å². The predicted molar refractivity (Wildman–Crippen MR) is 41.2 cm³/mol. The highest BCUT2D eigenvalue weighted by molar-refractivity contribution is 8.23. The summed E-state index contributed by atoms with van der Waals surface area (Å²) in [5, 5.41) is 2.77. The van der Waals surface area contributed by atoms with Crippen LogP contribution < -0.4 is 11.1 Å². The number of amides is 1. The maximum Gasteiger partial charge on any atom is 0.240 e. The lowest BCUT2D eigenvalue weighted by Gasteiger charge is -2.01. The SMILES string of the molecule is NC(=O)[C@@H]1CSC(=S)N1. The van der Waals surface area contributed by atoms with Crippen molar-refractivity contribution < 1.29 is 4.79 Å². The van der Waals surface area contributed by atoms with Gasteiger partial charge < -0.3 is 11.1 Å². The zero-order chi connectivity index (χ0) is 6.85. The van der Waals surface area contributed by atoms with E-state index in [9.17, 15) is 4.79 Å². The van der Waals surface area contributed by atoms with E-state index in [1.807, 2.05) is 0 Å². The maximum absolute atomic E-state index is 10.4. The van der Waals surface area contributed by atoms with E-state index >= 15 is 0 Å². The molecule has 0 aromatic carbocycles. The largest absolute Gasteiger partial charge is 0.368 e. The molecule has 0 unspecified atom stereocenters. The molecule has 1 saturated heterocycles. The van der Waals surface area contributed by atoms with Crippen molar-refractivity contribution in [2.75, 3.05) is 5.75 Å². The Morgan fingerprint density at radius 2 is 2.67 bits per heavy atom. The standard InChI is InChI=1S/C4H6N2OS2/c5-3(7)2-1-9-4(8)6-2/h2H,1H2,(H2,5,7)(H,6,8)/t2-/m0/s1. The summed E-state index contributed by atoms with van der Waals surface area (Å²) in [5.41, 5.74) is 4.99. The minimum atomic E-state index is -0.331. The maximum atomic E-state index is 10.4. The Balaban J connectivity index is 2.48. The smallest absolute Gasteiger partial charge is 0.240 e. The van der Waals surface area contributed by atoms with Crippen LogP contribution in [0.3, 0.4) is 0 Å². The fourth-order valence-electron chi connectivity index (χ4n) is 0.538. The van der Waals surface area contributed by atoms with E-state index in [-0.39, 0.29) is 11.9 Å². The minimum Gasteiger partial charge on any atom is -0.368 e. The summed E-state index contributed by atoms with van der Waals surface area (Å²) < 4.78 is 0.666. The van der Waals surface area contributed by atoms with Gasteiger partial charge in [-0.3, -0.25) is 4.79 Å². The second-order valence-corrected chi connectivity index (χ2v) is 3.39. The van der Waals surface area contributed by atoms with Gasteiger partial charge in [-0.25, -0.2) is 0 Å². The van der Waals surface area contributed by atoms with Crippen LogP contribution >= 0.6 is 24.0 Å². The van der Waals surface area contributed by atoms with Gasteiger partial charge >= 0.3 is 0 Å². The van der Waals surface area contributed by atoms with Crippen molar-refractivity contribution in [3.8, 4) is 0 Å². The van der Waals surface area contributed by atoms with Crippen LogP contribution in [-0.2, 0) is 4.79 Å². The Kier molecular flexibility index (Phi) is 1.92. The fraction of sp³-hybridized carbons (Fsp3) is 0.500. The Morgan fingerprint density at radius 1 is 2.00 bits per heavy atom. The predicted octanol–water partition coefficient (Wildman–Crippen LogP) is -0.538. The third kappa shape index (κ3) is 1.56. The number of nitrogens with two attached hydrogens (primary N) is 1. The Hall–Kier alpha value is -0.290. The molecule has 0 aromatic heterocycles. The van der Waals surface area contributed by atoms with Gasteiger partial charge in [-0.05, 0) is 0 Å². The molecule has 1 atom stereocenters. The van der Waals surface area contributed by atoms with Gasteiger partial charge in [-0.2, -0.15) is 0 Å².